The topological polar surface area (TPSA) is 46.6 Å². The number of rotatable bonds is 6. The fraction of sp³-hybridized carbons (Fsp3) is 0.0833. The smallest absolute Gasteiger partial charge is 0.293 e. The summed E-state index contributed by atoms with van der Waals surface area (Å²) < 4.78 is 6.98. The van der Waals surface area contributed by atoms with Gasteiger partial charge in [0, 0.05) is 15.1 Å². The van der Waals surface area contributed by atoms with Crippen molar-refractivity contribution in [2.75, 3.05) is 0 Å². The normalized spacial score (nSPS) is 15.0. The van der Waals surface area contributed by atoms with E-state index in [1.165, 1.54) is 4.90 Å². The first-order chi connectivity index (χ1) is 15.0. The Bertz CT molecular complexity index is 1160. The Balaban J connectivity index is 1.52. The molecule has 1 saturated heterocycles. The number of ether oxygens (including phenoxy) is 1. The first kappa shape index (κ1) is 21.7. The molecule has 0 aromatic heterocycles. The van der Waals surface area contributed by atoms with Crippen LogP contribution in [0.1, 0.15) is 16.7 Å². The lowest BCUT2D eigenvalue weighted by molar-refractivity contribution is -0.123. The van der Waals surface area contributed by atoms with Crippen molar-refractivity contribution >= 4 is 56.5 Å². The molecule has 4 nitrogen and oxygen atoms in total. The quantitative estimate of drug-likeness (QED) is 0.335. The van der Waals surface area contributed by atoms with Crippen LogP contribution in [0, 0.1) is 0 Å². The highest BCUT2D eigenvalue weighted by Gasteiger charge is 2.35. The van der Waals surface area contributed by atoms with Crippen molar-refractivity contribution in [1.29, 1.82) is 0 Å². The molecule has 7 heteroatoms. The van der Waals surface area contributed by atoms with Crippen LogP contribution in [0.2, 0.25) is 5.02 Å². The van der Waals surface area contributed by atoms with Gasteiger partial charge in [-0.2, -0.15) is 0 Å². The lowest BCUT2D eigenvalue weighted by atomic mass is 10.1. The Morgan fingerprint density at radius 1 is 0.968 bits per heavy atom. The van der Waals surface area contributed by atoms with Crippen molar-refractivity contribution in [3.63, 3.8) is 0 Å². The van der Waals surface area contributed by atoms with Crippen molar-refractivity contribution < 1.29 is 14.3 Å². The highest BCUT2D eigenvalue weighted by atomic mass is 79.9. The predicted molar refractivity (Wildman–Crippen MR) is 128 cm³/mol. The van der Waals surface area contributed by atoms with E-state index in [0.29, 0.717) is 22.3 Å². The maximum absolute atomic E-state index is 12.9. The third kappa shape index (κ3) is 5.21. The van der Waals surface area contributed by atoms with Gasteiger partial charge in [0.2, 0.25) is 0 Å². The maximum atomic E-state index is 12.9. The van der Waals surface area contributed by atoms with Crippen molar-refractivity contribution in [3.05, 3.63) is 104 Å². The third-order valence-corrected chi connectivity index (χ3v) is 6.48. The van der Waals surface area contributed by atoms with Crippen molar-refractivity contribution in [2.24, 2.45) is 0 Å². The number of halogens is 2. The second-order valence-corrected chi connectivity index (χ2v) is 9.13. The van der Waals surface area contributed by atoms with Gasteiger partial charge in [0.15, 0.2) is 0 Å². The summed E-state index contributed by atoms with van der Waals surface area (Å²) in [4.78, 5) is 26.9. The van der Waals surface area contributed by atoms with Gasteiger partial charge in [-0.25, -0.2) is 0 Å². The highest BCUT2D eigenvalue weighted by Crippen LogP contribution is 2.35. The summed E-state index contributed by atoms with van der Waals surface area (Å²) in [6.07, 6.45) is 1.70. The van der Waals surface area contributed by atoms with Crippen LogP contribution < -0.4 is 4.74 Å². The van der Waals surface area contributed by atoms with Crippen molar-refractivity contribution in [1.82, 2.24) is 4.90 Å². The average molecular weight is 515 g/mol. The second kappa shape index (κ2) is 9.73. The molecule has 1 aliphatic rings. The number of thioether (sulfide) groups is 1. The number of hydrogen-bond acceptors (Lipinski definition) is 4. The Hall–Kier alpha value is -2.54. The minimum Gasteiger partial charge on any atom is -0.488 e. The summed E-state index contributed by atoms with van der Waals surface area (Å²) in [5, 5.41) is 0.210. The molecular weight excluding hydrogens is 498 g/mol. The maximum Gasteiger partial charge on any atom is 0.293 e. The van der Waals surface area contributed by atoms with E-state index in [1.54, 1.807) is 18.2 Å². The van der Waals surface area contributed by atoms with E-state index in [2.05, 4.69) is 15.9 Å². The number of hydrogen-bond donors (Lipinski definition) is 0. The first-order valence-corrected chi connectivity index (χ1v) is 11.4. The van der Waals surface area contributed by atoms with Gasteiger partial charge in [0.1, 0.15) is 12.4 Å². The van der Waals surface area contributed by atoms with Crippen molar-refractivity contribution in [2.45, 2.75) is 13.2 Å². The number of amides is 2. The number of imide groups is 1. The molecule has 0 radical (unpaired) electrons. The van der Waals surface area contributed by atoms with Gasteiger partial charge >= 0.3 is 0 Å². The molecule has 3 aromatic rings. The molecule has 0 unspecified atom stereocenters. The van der Waals surface area contributed by atoms with Crippen LogP contribution in [0.15, 0.2) is 82.2 Å². The summed E-state index contributed by atoms with van der Waals surface area (Å²) >= 11 is 10.5. The Kier molecular flexibility index (Phi) is 6.80. The molecule has 0 aliphatic carbocycles. The number of carbonyl (C=O) groups excluding carboxylic acids is 2. The molecule has 1 aliphatic heterocycles. The van der Waals surface area contributed by atoms with Gasteiger partial charge in [-0.15, -0.1) is 0 Å². The SMILES string of the molecule is O=C1S/C(=C\c2ccccc2OCc2ccc(Br)cc2)C(=O)N1Cc1ccccc1Cl. The van der Waals surface area contributed by atoms with Gasteiger partial charge in [-0.05, 0) is 53.2 Å². The second-order valence-electron chi connectivity index (χ2n) is 6.81. The Morgan fingerprint density at radius 3 is 2.45 bits per heavy atom. The zero-order valence-corrected chi connectivity index (χ0v) is 19.4. The fourth-order valence-corrected chi connectivity index (χ4v) is 4.34. The Labute approximate surface area is 198 Å². The third-order valence-electron chi connectivity index (χ3n) is 4.67. The zero-order valence-electron chi connectivity index (χ0n) is 16.3. The van der Waals surface area contributed by atoms with E-state index in [4.69, 9.17) is 16.3 Å². The molecule has 0 N–H and O–H groups in total. The summed E-state index contributed by atoms with van der Waals surface area (Å²) in [6, 6.07) is 22.5. The van der Waals surface area contributed by atoms with Crippen LogP contribution in [0.3, 0.4) is 0 Å². The van der Waals surface area contributed by atoms with E-state index in [0.717, 1.165) is 32.9 Å². The van der Waals surface area contributed by atoms with E-state index in [1.807, 2.05) is 60.7 Å². The van der Waals surface area contributed by atoms with Gasteiger partial charge in [0.25, 0.3) is 11.1 Å². The minimum atomic E-state index is -0.336. The number of nitrogens with zero attached hydrogens (tertiary/aromatic N) is 1. The van der Waals surface area contributed by atoms with Gasteiger partial charge < -0.3 is 4.74 Å². The predicted octanol–water partition coefficient (Wildman–Crippen LogP) is 6.92. The molecule has 3 aromatic carbocycles. The van der Waals surface area contributed by atoms with E-state index in [-0.39, 0.29) is 17.7 Å². The number of benzene rings is 3. The largest absolute Gasteiger partial charge is 0.488 e. The first-order valence-electron chi connectivity index (χ1n) is 9.46. The fourth-order valence-electron chi connectivity index (χ4n) is 3.05. The van der Waals surface area contributed by atoms with Crippen LogP contribution in [-0.4, -0.2) is 16.0 Å². The molecule has 156 valence electrons. The molecule has 0 saturated carbocycles. The lowest BCUT2D eigenvalue weighted by Gasteiger charge is -2.13. The average Bonchev–Trinajstić information content (AvgIpc) is 3.03. The molecular formula is C24H17BrClNO3S. The molecule has 4 rings (SSSR count). The summed E-state index contributed by atoms with van der Waals surface area (Å²) in [5.74, 6) is 0.306. The number of para-hydroxylation sites is 1. The van der Waals surface area contributed by atoms with Crippen LogP contribution in [-0.2, 0) is 17.9 Å². The van der Waals surface area contributed by atoms with Crippen molar-refractivity contribution in [3.8, 4) is 5.75 Å². The molecule has 31 heavy (non-hydrogen) atoms. The van der Waals surface area contributed by atoms with E-state index < -0.39 is 0 Å². The summed E-state index contributed by atoms with van der Waals surface area (Å²) in [7, 11) is 0. The zero-order chi connectivity index (χ0) is 21.8. The highest BCUT2D eigenvalue weighted by molar-refractivity contribution is 9.10. The lowest BCUT2D eigenvalue weighted by Crippen LogP contribution is -2.27. The number of carbonyl (C=O) groups is 2. The van der Waals surface area contributed by atoms with E-state index >= 15 is 0 Å². The van der Waals surface area contributed by atoms with Crippen LogP contribution in [0.4, 0.5) is 4.79 Å². The minimum absolute atomic E-state index is 0.142. The molecule has 0 spiro atoms. The van der Waals surface area contributed by atoms with Gasteiger partial charge in [0.05, 0.1) is 11.4 Å². The standard InChI is InChI=1S/C24H17BrClNO3S/c25-19-11-9-16(10-12-19)15-30-21-8-4-2-5-17(21)13-22-23(28)27(24(29)31-22)14-18-6-1-3-7-20(18)26/h1-13H,14-15H2/b22-13-. The van der Waals surface area contributed by atoms with Gasteiger partial charge in [-0.1, -0.05) is 76.1 Å². The summed E-state index contributed by atoms with van der Waals surface area (Å²) in [6.45, 7) is 0.537. The van der Waals surface area contributed by atoms with Crippen LogP contribution in [0.5, 0.6) is 5.75 Å². The van der Waals surface area contributed by atoms with Crippen LogP contribution >= 0.6 is 39.3 Å². The Morgan fingerprint density at radius 2 is 1.68 bits per heavy atom. The molecule has 0 bridgehead atoms. The summed E-state index contributed by atoms with van der Waals surface area (Å²) in [5.41, 5.74) is 2.49. The molecule has 0 atom stereocenters. The van der Waals surface area contributed by atoms with Crippen LogP contribution in [0.25, 0.3) is 6.08 Å². The van der Waals surface area contributed by atoms with Gasteiger partial charge in [-0.3, -0.25) is 14.5 Å². The molecule has 2 amide bonds. The van der Waals surface area contributed by atoms with E-state index in [9.17, 15) is 9.59 Å². The molecule has 1 heterocycles. The molecule has 1 fully saturated rings. The monoisotopic (exact) mass is 513 g/mol.